The fourth-order valence-electron chi connectivity index (χ4n) is 2.70. The van der Waals surface area contributed by atoms with Crippen molar-refractivity contribution in [3.63, 3.8) is 0 Å². The Morgan fingerprint density at radius 2 is 2.00 bits per heavy atom. The maximum absolute atomic E-state index is 12.2. The first-order chi connectivity index (χ1) is 14.0. The summed E-state index contributed by atoms with van der Waals surface area (Å²) in [4.78, 5) is 22.8. The molecule has 29 heavy (non-hydrogen) atoms. The number of allylic oxidation sites excluding steroid dienone is 1. The minimum atomic E-state index is -0.491. The summed E-state index contributed by atoms with van der Waals surface area (Å²) in [5.41, 5.74) is 1.70. The Hall–Kier alpha value is -3.94. The fourth-order valence-corrected chi connectivity index (χ4v) is 2.70. The summed E-state index contributed by atoms with van der Waals surface area (Å²) in [7, 11) is 3.28. The van der Waals surface area contributed by atoms with Gasteiger partial charge in [-0.05, 0) is 35.9 Å². The Morgan fingerprint density at radius 3 is 2.69 bits per heavy atom. The summed E-state index contributed by atoms with van der Waals surface area (Å²) in [6, 6.07) is 13.2. The molecule has 0 fully saturated rings. The first-order valence-corrected chi connectivity index (χ1v) is 8.73. The minimum Gasteiger partial charge on any atom is -0.496 e. The summed E-state index contributed by atoms with van der Waals surface area (Å²) in [6.45, 7) is 0.0733. The van der Waals surface area contributed by atoms with E-state index in [1.165, 1.54) is 19.3 Å². The van der Waals surface area contributed by atoms with Crippen LogP contribution in [0.15, 0.2) is 60.8 Å². The fraction of sp³-hybridized carbons (Fsp3) is 0.143. The van der Waals surface area contributed by atoms with Crippen molar-refractivity contribution in [2.45, 2.75) is 6.61 Å². The number of methoxy groups -OCH3 is 1. The number of para-hydroxylation sites is 2. The summed E-state index contributed by atoms with van der Waals surface area (Å²) in [6.07, 6.45) is 4.81. The van der Waals surface area contributed by atoms with Crippen LogP contribution in [-0.2, 0) is 13.7 Å². The highest BCUT2D eigenvalue weighted by Gasteiger charge is 2.14. The maximum atomic E-state index is 12.2. The van der Waals surface area contributed by atoms with Gasteiger partial charge in [0.05, 0.1) is 12.0 Å². The summed E-state index contributed by atoms with van der Waals surface area (Å²) >= 11 is 0. The average molecular weight is 393 g/mol. The van der Waals surface area contributed by atoms with Gasteiger partial charge in [-0.2, -0.15) is 5.10 Å². The van der Waals surface area contributed by atoms with E-state index in [0.29, 0.717) is 17.0 Å². The van der Waals surface area contributed by atoms with E-state index >= 15 is 0 Å². The van der Waals surface area contributed by atoms with Crippen molar-refractivity contribution in [1.82, 2.24) is 9.78 Å². The quantitative estimate of drug-likeness (QED) is 0.250. The Kier molecular flexibility index (Phi) is 6.03. The van der Waals surface area contributed by atoms with Crippen LogP contribution in [-0.4, -0.2) is 27.6 Å². The highest BCUT2D eigenvalue weighted by Crippen LogP contribution is 2.28. The molecule has 3 rings (SSSR count). The predicted octanol–water partition coefficient (Wildman–Crippen LogP) is 3.81. The molecule has 0 aliphatic carbocycles. The van der Waals surface area contributed by atoms with Crippen molar-refractivity contribution in [2.75, 3.05) is 7.11 Å². The van der Waals surface area contributed by atoms with Crippen molar-refractivity contribution >= 4 is 17.5 Å². The third-order valence-corrected chi connectivity index (χ3v) is 4.14. The Labute approximate surface area is 167 Å². The van der Waals surface area contributed by atoms with E-state index in [0.717, 1.165) is 5.56 Å². The molecule has 0 N–H and O–H groups in total. The number of nitro benzene ring substituents is 1. The van der Waals surface area contributed by atoms with E-state index in [1.807, 2.05) is 0 Å². The molecule has 0 saturated heterocycles. The lowest BCUT2D eigenvalue weighted by Gasteiger charge is -2.11. The lowest BCUT2D eigenvalue weighted by molar-refractivity contribution is -0.385. The molecule has 0 bridgehead atoms. The van der Waals surface area contributed by atoms with Crippen LogP contribution < -0.4 is 9.47 Å². The van der Waals surface area contributed by atoms with Crippen LogP contribution in [0.1, 0.15) is 21.6 Å². The number of ketones is 1. The molecule has 0 atom stereocenters. The highest BCUT2D eigenvalue weighted by atomic mass is 16.6. The van der Waals surface area contributed by atoms with Crippen molar-refractivity contribution in [3.8, 4) is 11.5 Å². The molecule has 2 aromatic carbocycles. The van der Waals surface area contributed by atoms with Crippen molar-refractivity contribution in [1.29, 1.82) is 0 Å². The van der Waals surface area contributed by atoms with Crippen LogP contribution in [0.25, 0.3) is 6.08 Å². The summed E-state index contributed by atoms with van der Waals surface area (Å²) in [5, 5.41) is 15.2. The summed E-state index contributed by atoms with van der Waals surface area (Å²) < 4.78 is 12.6. The maximum Gasteiger partial charge on any atom is 0.310 e. The number of aromatic nitrogens is 2. The third-order valence-electron chi connectivity index (χ3n) is 4.14. The number of carbonyl (C=O) groups is 1. The van der Waals surface area contributed by atoms with Gasteiger partial charge < -0.3 is 9.47 Å². The summed E-state index contributed by atoms with van der Waals surface area (Å²) in [5.74, 6) is 0.543. The zero-order valence-electron chi connectivity index (χ0n) is 15.9. The molecule has 0 aliphatic rings. The lowest BCUT2D eigenvalue weighted by Crippen LogP contribution is -2.01. The molecule has 0 unspecified atom stereocenters. The van der Waals surface area contributed by atoms with Crippen LogP contribution in [0.4, 0.5) is 5.69 Å². The predicted molar refractivity (Wildman–Crippen MR) is 107 cm³/mol. The lowest BCUT2D eigenvalue weighted by atomic mass is 10.1. The first-order valence-electron chi connectivity index (χ1n) is 8.73. The number of hydrogen-bond donors (Lipinski definition) is 0. The molecule has 0 radical (unpaired) electrons. The molecule has 148 valence electrons. The van der Waals surface area contributed by atoms with E-state index in [-0.39, 0.29) is 23.8 Å². The normalized spacial score (nSPS) is 10.8. The average Bonchev–Trinajstić information content (AvgIpc) is 3.17. The highest BCUT2D eigenvalue weighted by molar-refractivity contribution is 6.05. The van der Waals surface area contributed by atoms with E-state index in [4.69, 9.17) is 9.47 Å². The number of benzene rings is 2. The molecule has 0 amide bonds. The zero-order valence-corrected chi connectivity index (χ0v) is 15.9. The van der Waals surface area contributed by atoms with Crippen LogP contribution in [0.3, 0.4) is 0 Å². The van der Waals surface area contributed by atoms with Gasteiger partial charge in [0.25, 0.3) is 0 Å². The van der Waals surface area contributed by atoms with Crippen LogP contribution in [0.5, 0.6) is 11.5 Å². The van der Waals surface area contributed by atoms with Crippen LogP contribution in [0, 0.1) is 10.1 Å². The van der Waals surface area contributed by atoms with Crippen LogP contribution >= 0.6 is 0 Å². The standard InChI is InChI=1S/C21H19N3O5/c1-23-12-11-17(22-23)19(25)9-7-15-8-10-20(28-2)16(13-15)14-29-21-6-4-3-5-18(21)24(26)27/h3-13H,14H2,1-2H3/b9-7+. The molecule has 8 heteroatoms. The van der Waals surface area contributed by atoms with E-state index in [2.05, 4.69) is 5.10 Å². The van der Waals surface area contributed by atoms with Crippen LogP contribution in [0.2, 0.25) is 0 Å². The largest absolute Gasteiger partial charge is 0.496 e. The van der Waals surface area contributed by atoms with E-state index < -0.39 is 4.92 Å². The number of ether oxygens (including phenoxy) is 2. The van der Waals surface area contributed by atoms with Crippen molar-refractivity contribution < 1.29 is 19.2 Å². The number of carbonyl (C=O) groups excluding carboxylic acids is 1. The Morgan fingerprint density at radius 1 is 1.21 bits per heavy atom. The second kappa shape index (κ2) is 8.83. The van der Waals surface area contributed by atoms with Crippen molar-refractivity contribution in [2.24, 2.45) is 7.05 Å². The van der Waals surface area contributed by atoms with Gasteiger partial charge in [-0.1, -0.05) is 24.3 Å². The molecular weight excluding hydrogens is 374 g/mol. The number of nitro groups is 1. The SMILES string of the molecule is COc1ccc(/C=C/C(=O)c2ccn(C)n2)cc1COc1ccccc1[N+](=O)[O-]. The van der Waals surface area contributed by atoms with E-state index in [9.17, 15) is 14.9 Å². The second-order valence-corrected chi connectivity index (χ2v) is 6.16. The molecule has 0 saturated carbocycles. The Bertz CT molecular complexity index is 1070. The van der Waals surface area contributed by atoms with Gasteiger partial charge in [0.2, 0.25) is 5.78 Å². The molecular formula is C21H19N3O5. The van der Waals surface area contributed by atoms with Gasteiger partial charge in [-0.3, -0.25) is 19.6 Å². The molecule has 0 spiro atoms. The molecule has 3 aromatic rings. The number of nitrogens with zero attached hydrogens (tertiary/aromatic N) is 3. The molecule has 0 aliphatic heterocycles. The van der Waals surface area contributed by atoms with Gasteiger partial charge in [-0.25, -0.2) is 0 Å². The second-order valence-electron chi connectivity index (χ2n) is 6.16. The number of aryl methyl sites for hydroxylation is 1. The molecule has 1 heterocycles. The number of hydrogen-bond acceptors (Lipinski definition) is 6. The van der Waals surface area contributed by atoms with Gasteiger partial charge in [0.1, 0.15) is 18.1 Å². The topological polar surface area (TPSA) is 96.5 Å². The molecule has 8 nitrogen and oxygen atoms in total. The Balaban J connectivity index is 1.78. The first kappa shape index (κ1) is 19.8. The monoisotopic (exact) mass is 393 g/mol. The number of rotatable bonds is 8. The molecule has 1 aromatic heterocycles. The van der Waals surface area contributed by atoms with Gasteiger partial charge in [0, 0.05) is 24.9 Å². The van der Waals surface area contributed by atoms with E-state index in [1.54, 1.807) is 66.5 Å². The van der Waals surface area contributed by atoms with Crippen molar-refractivity contribution in [3.05, 3.63) is 87.7 Å². The smallest absolute Gasteiger partial charge is 0.310 e. The zero-order chi connectivity index (χ0) is 20.8. The minimum absolute atomic E-state index is 0.0733. The third kappa shape index (κ3) is 4.86. The van der Waals surface area contributed by atoms with Gasteiger partial charge in [-0.15, -0.1) is 0 Å². The van der Waals surface area contributed by atoms with Gasteiger partial charge >= 0.3 is 5.69 Å². The van der Waals surface area contributed by atoms with Gasteiger partial charge in [0.15, 0.2) is 5.75 Å².